The van der Waals surface area contributed by atoms with E-state index in [9.17, 15) is 0 Å². The molecule has 60 valence electrons. The van der Waals surface area contributed by atoms with Crippen LogP contribution in [0.3, 0.4) is 0 Å². The molecular formula is C8H17NO. The lowest BCUT2D eigenvalue weighted by atomic mass is 9.95. The summed E-state index contributed by atoms with van der Waals surface area (Å²) in [6, 6.07) is 0. The Kier molecular flexibility index (Phi) is 3.58. The average Bonchev–Trinajstić information content (AvgIpc) is 1.84. The van der Waals surface area contributed by atoms with Crippen LogP contribution in [-0.2, 0) is 4.74 Å². The molecule has 0 unspecified atom stereocenters. The molecule has 0 rings (SSSR count). The number of hydrogen-bond acceptors (Lipinski definition) is 2. The Bertz CT molecular complexity index is 108. The highest BCUT2D eigenvalue weighted by Gasteiger charge is 2.21. The van der Waals surface area contributed by atoms with E-state index < -0.39 is 0 Å². The van der Waals surface area contributed by atoms with Crippen LogP contribution in [0.1, 0.15) is 27.7 Å². The highest BCUT2D eigenvalue weighted by molar-refractivity contribution is 5.54. The van der Waals surface area contributed by atoms with Gasteiger partial charge in [-0.2, -0.15) is 0 Å². The number of nitrogens with one attached hydrogen (secondary N) is 1. The molecule has 0 aromatic rings. The Morgan fingerprint density at radius 1 is 1.50 bits per heavy atom. The molecule has 10 heavy (non-hydrogen) atoms. The van der Waals surface area contributed by atoms with Crippen molar-refractivity contribution in [3.05, 3.63) is 0 Å². The highest BCUT2D eigenvalue weighted by Crippen LogP contribution is 2.19. The molecule has 0 saturated heterocycles. The van der Waals surface area contributed by atoms with Gasteiger partial charge in [-0.1, -0.05) is 13.8 Å². The van der Waals surface area contributed by atoms with Crippen molar-refractivity contribution < 1.29 is 4.74 Å². The minimum Gasteiger partial charge on any atom is -0.370 e. The second kappa shape index (κ2) is 3.71. The van der Waals surface area contributed by atoms with Crippen LogP contribution < -0.4 is 0 Å². The summed E-state index contributed by atoms with van der Waals surface area (Å²) in [6.07, 6.45) is 1.28. The van der Waals surface area contributed by atoms with Gasteiger partial charge in [0.1, 0.15) is 0 Å². The van der Waals surface area contributed by atoms with E-state index in [-0.39, 0.29) is 5.60 Å². The van der Waals surface area contributed by atoms with Crippen molar-refractivity contribution in [2.24, 2.45) is 5.92 Å². The lowest BCUT2D eigenvalue weighted by Crippen LogP contribution is -2.31. The van der Waals surface area contributed by atoms with Gasteiger partial charge in [-0.05, 0) is 19.8 Å². The summed E-state index contributed by atoms with van der Waals surface area (Å²) in [7, 11) is 0. The van der Waals surface area contributed by atoms with Gasteiger partial charge in [0.15, 0.2) is 0 Å². The molecule has 0 amide bonds. The van der Waals surface area contributed by atoms with Crippen molar-refractivity contribution >= 4 is 6.21 Å². The van der Waals surface area contributed by atoms with Gasteiger partial charge >= 0.3 is 0 Å². The molecular weight excluding hydrogens is 126 g/mol. The molecule has 0 radical (unpaired) electrons. The Hall–Kier alpha value is -0.370. The van der Waals surface area contributed by atoms with E-state index in [1.807, 2.05) is 13.8 Å². The Morgan fingerprint density at radius 2 is 2.00 bits per heavy atom. The van der Waals surface area contributed by atoms with Gasteiger partial charge in [0.2, 0.25) is 0 Å². The Labute approximate surface area is 63.1 Å². The van der Waals surface area contributed by atoms with E-state index in [0.29, 0.717) is 12.5 Å². The van der Waals surface area contributed by atoms with Gasteiger partial charge < -0.3 is 10.1 Å². The third kappa shape index (κ3) is 2.97. The minimum absolute atomic E-state index is 0.0997. The van der Waals surface area contributed by atoms with Crippen LogP contribution in [0.15, 0.2) is 0 Å². The maximum atomic E-state index is 6.77. The molecule has 0 aliphatic heterocycles. The van der Waals surface area contributed by atoms with Crippen molar-refractivity contribution in [2.45, 2.75) is 33.3 Å². The maximum Gasteiger partial charge on any atom is 0.0819 e. The second-order valence-electron chi connectivity index (χ2n) is 3.27. The molecule has 1 N–H and O–H groups in total. The van der Waals surface area contributed by atoms with Crippen molar-refractivity contribution in [1.29, 1.82) is 5.41 Å². The third-order valence-electron chi connectivity index (χ3n) is 1.93. The SMILES string of the molecule is CC(C)C(C)(C)OCC=N. The van der Waals surface area contributed by atoms with E-state index in [1.54, 1.807) is 0 Å². The fourth-order valence-corrected chi connectivity index (χ4v) is 0.423. The summed E-state index contributed by atoms with van der Waals surface area (Å²) < 4.78 is 5.40. The predicted molar refractivity (Wildman–Crippen MR) is 43.7 cm³/mol. The predicted octanol–water partition coefficient (Wildman–Crippen LogP) is 2.09. The molecule has 0 aromatic heterocycles. The summed E-state index contributed by atoms with van der Waals surface area (Å²) in [4.78, 5) is 0. The van der Waals surface area contributed by atoms with Crippen LogP contribution >= 0.6 is 0 Å². The summed E-state index contributed by atoms with van der Waals surface area (Å²) in [5.74, 6) is 0.493. The molecule has 0 saturated carbocycles. The zero-order valence-corrected chi connectivity index (χ0v) is 7.27. The first-order valence-electron chi connectivity index (χ1n) is 3.63. The van der Waals surface area contributed by atoms with Crippen LogP contribution in [0.2, 0.25) is 0 Å². The smallest absolute Gasteiger partial charge is 0.0819 e. The maximum absolute atomic E-state index is 6.77. The molecule has 0 aliphatic rings. The fraction of sp³-hybridized carbons (Fsp3) is 0.875. The first kappa shape index (κ1) is 9.63. The van der Waals surface area contributed by atoms with Crippen molar-refractivity contribution in [1.82, 2.24) is 0 Å². The lowest BCUT2D eigenvalue weighted by molar-refractivity contribution is -0.0296. The minimum atomic E-state index is -0.0997. The first-order chi connectivity index (χ1) is 4.50. The van der Waals surface area contributed by atoms with E-state index in [4.69, 9.17) is 10.1 Å². The van der Waals surface area contributed by atoms with Gasteiger partial charge in [-0.15, -0.1) is 0 Å². The van der Waals surface area contributed by atoms with Gasteiger partial charge in [0.25, 0.3) is 0 Å². The summed E-state index contributed by atoms with van der Waals surface area (Å²) in [5.41, 5.74) is -0.0997. The standard InChI is InChI=1S/C8H17NO/c1-7(2)8(3,4)10-6-5-9/h5,7,9H,6H2,1-4H3. The number of hydrogen-bond donors (Lipinski definition) is 1. The summed E-state index contributed by atoms with van der Waals surface area (Å²) >= 11 is 0. The Morgan fingerprint density at radius 3 is 2.30 bits per heavy atom. The summed E-state index contributed by atoms with van der Waals surface area (Å²) in [5, 5.41) is 6.77. The molecule has 0 fully saturated rings. The van der Waals surface area contributed by atoms with Crippen LogP contribution in [-0.4, -0.2) is 18.4 Å². The Balaban J connectivity index is 3.74. The quantitative estimate of drug-likeness (QED) is 0.600. The molecule has 0 aliphatic carbocycles. The summed E-state index contributed by atoms with van der Waals surface area (Å²) in [6.45, 7) is 8.74. The number of ether oxygens (including phenoxy) is 1. The van der Waals surface area contributed by atoms with Crippen molar-refractivity contribution in [3.8, 4) is 0 Å². The molecule has 0 aromatic carbocycles. The van der Waals surface area contributed by atoms with Gasteiger partial charge in [0.05, 0.1) is 12.2 Å². The monoisotopic (exact) mass is 143 g/mol. The fourth-order valence-electron chi connectivity index (χ4n) is 0.423. The number of rotatable bonds is 4. The van der Waals surface area contributed by atoms with Crippen LogP contribution in [0, 0.1) is 11.3 Å². The molecule has 0 atom stereocenters. The van der Waals surface area contributed by atoms with Crippen LogP contribution in [0.4, 0.5) is 0 Å². The molecule has 0 bridgehead atoms. The van der Waals surface area contributed by atoms with Crippen molar-refractivity contribution in [2.75, 3.05) is 6.61 Å². The van der Waals surface area contributed by atoms with Crippen LogP contribution in [0.5, 0.6) is 0 Å². The molecule has 0 spiro atoms. The zero-order valence-electron chi connectivity index (χ0n) is 7.27. The zero-order chi connectivity index (χ0) is 8.20. The van der Waals surface area contributed by atoms with E-state index in [0.717, 1.165) is 0 Å². The largest absolute Gasteiger partial charge is 0.370 e. The third-order valence-corrected chi connectivity index (χ3v) is 1.93. The van der Waals surface area contributed by atoms with Gasteiger partial charge in [-0.3, -0.25) is 0 Å². The van der Waals surface area contributed by atoms with Crippen LogP contribution in [0.25, 0.3) is 0 Å². The van der Waals surface area contributed by atoms with E-state index in [2.05, 4.69) is 13.8 Å². The van der Waals surface area contributed by atoms with E-state index in [1.165, 1.54) is 6.21 Å². The molecule has 2 heteroatoms. The normalized spacial score (nSPS) is 12.1. The first-order valence-corrected chi connectivity index (χ1v) is 3.63. The van der Waals surface area contributed by atoms with Gasteiger partial charge in [0, 0.05) is 6.21 Å². The highest BCUT2D eigenvalue weighted by atomic mass is 16.5. The lowest BCUT2D eigenvalue weighted by Gasteiger charge is -2.28. The second-order valence-corrected chi connectivity index (χ2v) is 3.27. The topological polar surface area (TPSA) is 33.1 Å². The van der Waals surface area contributed by atoms with E-state index >= 15 is 0 Å². The molecule has 2 nitrogen and oxygen atoms in total. The van der Waals surface area contributed by atoms with Crippen molar-refractivity contribution in [3.63, 3.8) is 0 Å². The van der Waals surface area contributed by atoms with Gasteiger partial charge in [-0.25, -0.2) is 0 Å². The average molecular weight is 143 g/mol. The molecule has 0 heterocycles.